The third kappa shape index (κ3) is 2.49. The molecule has 1 rings (SSSR count). The van der Waals surface area contributed by atoms with Gasteiger partial charge in [0.05, 0.1) is 17.1 Å². The van der Waals surface area contributed by atoms with E-state index in [1.54, 1.807) is 18.2 Å². The fraction of sp³-hybridized carbons (Fsp3) is 0.333. The molecule has 1 atom stereocenters. The number of ether oxygens (including phenoxy) is 1. The number of hydrogen-bond donors (Lipinski definition) is 1. The molecule has 2 N–H and O–H groups in total. The monoisotopic (exact) mass is 247 g/mol. The van der Waals surface area contributed by atoms with Crippen LogP contribution in [0, 0.1) is 5.82 Å². The molecule has 0 unspecified atom stereocenters. The first kappa shape index (κ1) is 10.6. The van der Waals surface area contributed by atoms with Crippen LogP contribution in [0.4, 0.5) is 4.39 Å². The van der Waals surface area contributed by atoms with Crippen molar-refractivity contribution in [3.63, 3.8) is 0 Å². The molecule has 0 saturated carbocycles. The molecule has 0 spiro atoms. The zero-order chi connectivity index (χ0) is 9.84. The standard InChI is InChI=1S/C9H11BrFNO/c1-13-5-8(12)6-3-2-4-7(10)9(6)11/h2-4,8H,5,12H2,1H3/t8-/m1/s1. The van der Waals surface area contributed by atoms with Crippen molar-refractivity contribution >= 4 is 15.9 Å². The van der Waals surface area contributed by atoms with Crippen LogP contribution in [0.1, 0.15) is 11.6 Å². The Hall–Kier alpha value is -0.450. The topological polar surface area (TPSA) is 35.2 Å². The van der Waals surface area contributed by atoms with E-state index in [0.29, 0.717) is 16.6 Å². The maximum absolute atomic E-state index is 13.4. The second kappa shape index (κ2) is 4.69. The lowest BCUT2D eigenvalue weighted by atomic mass is 10.1. The van der Waals surface area contributed by atoms with Crippen molar-refractivity contribution in [1.82, 2.24) is 0 Å². The highest BCUT2D eigenvalue weighted by Gasteiger charge is 2.12. The molecule has 4 heteroatoms. The van der Waals surface area contributed by atoms with E-state index in [-0.39, 0.29) is 5.82 Å². The first-order chi connectivity index (χ1) is 6.16. The molecule has 0 amide bonds. The number of halogens is 2. The first-order valence-corrected chi connectivity index (χ1v) is 4.64. The first-order valence-electron chi connectivity index (χ1n) is 3.85. The SMILES string of the molecule is COC[C@@H](N)c1cccc(Br)c1F. The maximum Gasteiger partial charge on any atom is 0.142 e. The Balaban J connectivity index is 2.93. The van der Waals surface area contributed by atoms with Gasteiger partial charge in [-0.05, 0) is 22.0 Å². The van der Waals surface area contributed by atoms with E-state index in [1.165, 1.54) is 7.11 Å². The largest absolute Gasteiger partial charge is 0.383 e. The molecule has 0 radical (unpaired) electrons. The molecule has 0 aliphatic heterocycles. The van der Waals surface area contributed by atoms with Gasteiger partial charge >= 0.3 is 0 Å². The highest BCUT2D eigenvalue weighted by Crippen LogP contribution is 2.22. The molecule has 72 valence electrons. The van der Waals surface area contributed by atoms with E-state index in [4.69, 9.17) is 10.5 Å². The molecule has 0 saturated heterocycles. The van der Waals surface area contributed by atoms with Gasteiger partial charge in [0.25, 0.3) is 0 Å². The summed E-state index contributed by atoms with van der Waals surface area (Å²) in [6, 6.07) is 4.63. The highest BCUT2D eigenvalue weighted by molar-refractivity contribution is 9.10. The normalized spacial score (nSPS) is 12.9. The molecule has 0 aliphatic rings. The molecule has 13 heavy (non-hydrogen) atoms. The minimum atomic E-state index is -0.414. The lowest BCUT2D eigenvalue weighted by Gasteiger charge is -2.12. The number of nitrogens with two attached hydrogens (primary N) is 1. The summed E-state index contributed by atoms with van der Waals surface area (Å²) in [4.78, 5) is 0. The molecule has 0 fully saturated rings. The fourth-order valence-corrected chi connectivity index (χ4v) is 1.46. The lowest BCUT2D eigenvalue weighted by molar-refractivity contribution is 0.179. The van der Waals surface area contributed by atoms with E-state index in [2.05, 4.69) is 15.9 Å². The number of methoxy groups -OCH3 is 1. The average Bonchev–Trinajstić information content (AvgIpc) is 2.10. The lowest BCUT2D eigenvalue weighted by Crippen LogP contribution is -2.17. The summed E-state index contributed by atoms with van der Waals surface area (Å²) in [6.07, 6.45) is 0. The zero-order valence-electron chi connectivity index (χ0n) is 7.26. The Morgan fingerprint density at radius 2 is 2.31 bits per heavy atom. The quantitative estimate of drug-likeness (QED) is 0.890. The summed E-state index contributed by atoms with van der Waals surface area (Å²) in [5.74, 6) is -0.313. The Kier molecular flexibility index (Phi) is 3.84. The van der Waals surface area contributed by atoms with Crippen LogP contribution in [0.2, 0.25) is 0 Å². The fourth-order valence-electron chi connectivity index (χ4n) is 1.08. The van der Waals surface area contributed by atoms with Crippen LogP contribution in [-0.4, -0.2) is 13.7 Å². The van der Waals surface area contributed by atoms with Crippen LogP contribution in [0.25, 0.3) is 0 Å². The van der Waals surface area contributed by atoms with Gasteiger partial charge in [-0.2, -0.15) is 0 Å². The molecule has 0 bridgehead atoms. The minimum absolute atomic E-state index is 0.313. The molecule has 2 nitrogen and oxygen atoms in total. The maximum atomic E-state index is 13.4. The van der Waals surface area contributed by atoms with Crippen LogP contribution in [0.5, 0.6) is 0 Å². The van der Waals surface area contributed by atoms with Crippen LogP contribution in [0.3, 0.4) is 0 Å². The summed E-state index contributed by atoms with van der Waals surface area (Å²) in [6.45, 7) is 0.313. The van der Waals surface area contributed by atoms with Gasteiger partial charge < -0.3 is 10.5 Å². The van der Waals surface area contributed by atoms with Gasteiger partial charge in [0.15, 0.2) is 0 Å². The van der Waals surface area contributed by atoms with Crippen molar-refractivity contribution in [3.05, 3.63) is 34.1 Å². The smallest absolute Gasteiger partial charge is 0.142 e. The van der Waals surface area contributed by atoms with E-state index in [1.807, 2.05) is 0 Å². The van der Waals surface area contributed by atoms with Gasteiger partial charge in [-0.1, -0.05) is 12.1 Å². The Morgan fingerprint density at radius 1 is 1.62 bits per heavy atom. The third-order valence-corrected chi connectivity index (χ3v) is 2.34. The van der Waals surface area contributed by atoms with Crippen molar-refractivity contribution in [3.8, 4) is 0 Å². The summed E-state index contributed by atoms with van der Waals surface area (Å²) in [5.41, 5.74) is 6.16. The van der Waals surface area contributed by atoms with E-state index < -0.39 is 6.04 Å². The third-order valence-electron chi connectivity index (χ3n) is 1.73. The second-order valence-electron chi connectivity index (χ2n) is 2.70. The van der Waals surface area contributed by atoms with E-state index in [0.717, 1.165) is 0 Å². The molecule has 1 aromatic rings. The molecule has 1 aromatic carbocycles. The molecule has 0 heterocycles. The summed E-state index contributed by atoms with van der Waals surface area (Å²) < 4.78 is 18.7. The zero-order valence-corrected chi connectivity index (χ0v) is 8.84. The van der Waals surface area contributed by atoms with Crippen molar-refractivity contribution in [2.45, 2.75) is 6.04 Å². The number of hydrogen-bond acceptors (Lipinski definition) is 2. The van der Waals surface area contributed by atoms with Gasteiger partial charge in [-0.3, -0.25) is 0 Å². The van der Waals surface area contributed by atoms with Crippen molar-refractivity contribution < 1.29 is 9.13 Å². The molecular weight excluding hydrogens is 237 g/mol. The number of rotatable bonds is 3. The Bertz CT molecular complexity index is 293. The summed E-state index contributed by atoms with van der Waals surface area (Å²) in [5, 5.41) is 0. The second-order valence-corrected chi connectivity index (χ2v) is 3.56. The average molecular weight is 248 g/mol. The van der Waals surface area contributed by atoms with Crippen LogP contribution in [0.15, 0.2) is 22.7 Å². The van der Waals surface area contributed by atoms with Gasteiger partial charge in [-0.25, -0.2) is 4.39 Å². The predicted molar refractivity (Wildman–Crippen MR) is 52.9 cm³/mol. The van der Waals surface area contributed by atoms with Gasteiger partial charge in [-0.15, -0.1) is 0 Å². The van der Waals surface area contributed by atoms with Crippen LogP contribution >= 0.6 is 15.9 Å². The van der Waals surface area contributed by atoms with Crippen molar-refractivity contribution in [1.29, 1.82) is 0 Å². The molecular formula is C9H11BrFNO. The highest BCUT2D eigenvalue weighted by atomic mass is 79.9. The predicted octanol–water partition coefficient (Wildman–Crippen LogP) is 2.23. The van der Waals surface area contributed by atoms with Crippen molar-refractivity contribution in [2.24, 2.45) is 5.73 Å². The van der Waals surface area contributed by atoms with Gasteiger partial charge in [0, 0.05) is 12.7 Å². The van der Waals surface area contributed by atoms with Crippen molar-refractivity contribution in [2.75, 3.05) is 13.7 Å². The van der Waals surface area contributed by atoms with Crippen LogP contribution in [-0.2, 0) is 4.74 Å². The Labute approximate surface area is 85.0 Å². The van der Waals surface area contributed by atoms with Crippen LogP contribution < -0.4 is 5.73 Å². The van der Waals surface area contributed by atoms with Gasteiger partial charge in [0.2, 0.25) is 0 Å². The number of benzene rings is 1. The Morgan fingerprint density at radius 3 is 2.92 bits per heavy atom. The summed E-state index contributed by atoms with van der Waals surface area (Å²) in [7, 11) is 1.54. The van der Waals surface area contributed by atoms with Gasteiger partial charge in [0.1, 0.15) is 5.82 Å². The summed E-state index contributed by atoms with van der Waals surface area (Å²) >= 11 is 3.09. The molecule has 0 aromatic heterocycles. The molecule has 0 aliphatic carbocycles. The minimum Gasteiger partial charge on any atom is -0.383 e. The van der Waals surface area contributed by atoms with E-state index >= 15 is 0 Å². The van der Waals surface area contributed by atoms with E-state index in [9.17, 15) is 4.39 Å².